The summed E-state index contributed by atoms with van der Waals surface area (Å²) in [4.78, 5) is 26.0. The van der Waals surface area contributed by atoms with Gasteiger partial charge in [0.25, 0.3) is 5.91 Å². The summed E-state index contributed by atoms with van der Waals surface area (Å²) < 4.78 is 13.8. The lowest BCUT2D eigenvalue weighted by Crippen LogP contribution is -2.40. The molecule has 1 aliphatic rings. The Morgan fingerprint density at radius 2 is 2.12 bits per heavy atom. The van der Waals surface area contributed by atoms with E-state index in [2.05, 4.69) is 10.2 Å². The molecule has 0 radical (unpaired) electrons. The summed E-state index contributed by atoms with van der Waals surface area (Å²) in [6.45, 7) is 0.565. The van der Waals surface area contributed by atoms with Gasteiger partial charge in [-0.2, -0.15) is 5.10 Å². The summed E-state index contributed by atoms with van der Waals surface area (Å²) in [5.41, 5.74) is 6.60. The minimum Gasteiger partial charge on any atom is -0.365 e. The lowest BCUT2D eigenvalue weighted by molar-refractivity contribution is -0.134. The standard InChI is InChI=1S/C17H19FN4O2/c18-13-6-2-1-5-11(13)9-15(23)22-8-4-3-7-14(22)16-12(17(19)24)10-20-21-16/h1-2,5-6,10,14H,3-4,7-9H2,(H2,19,24)(H,20,21). The van der Waals surface area contributed by atoms with Crippen LogP contribution in [0.1, 0.15) is 46.9 Å². The Morgan fingerprint density at radius 1 is 1.33 bits per heavy atom. The molecule has 1 fully saturated rings. The topological polar surface area (TPSA) is 92.1 Å². The number of hydrogen-bond acceptors (Lipinski definition) is 3. The van der Waals surface area contributed by atoms with Gasteiger partial charge in [-0.3, -0.25) is 14.7 Å². The number of nitrogens with zero attached hydrogens (tertiary/aromatic N) is 2. The summed E-state index contributed by atoms with van der Waals surface area (Å²) in [6.07, 6.45) is 3.89. The fraction of sp³-hybridized carbons (Fsp3) is 0.353. The Morgan fingerprint density at radius 3 is 2.88 bits per heavy atom. The highest BCUT2D eigenvalue weighted by atomic mass is 19.1. The molecule has 7 heteroatoms. The predicted molar refractivity (Wildman–Crippen MR) is 85.5 cm³/mol. The van der Waals surface area contributed by atoms with Crippen molar-refractivity contribution in [3.63, 3.8) is 0 Å². The van der Waals surface area contributed by atoms with Crippen LogP contribution in [0, 0.1) is 5.82 Å². The Labute approximate surface area is 138 Å². The van der Waals surface area contributed by atoms with E-state index in [0.29, 0.717) is 29.8 Å². The van der Waals surface area contributed by atoms with Crippen LogP contribution in [0.2, 0.25) is 0 Å². The first-order valence-corrected chi connectivity index (χ1v) is 7.94. The number of halogens is 1. The number of primary amides is 1. The number of amides is 2. The van der Waals surface area contributed by atoms with Gasteiger partial charge >= 0.3 is 0 Å². The number of rotatable bonds is 4. The van der Waals surface area contributed by atoms with Crippen LogP contribution in [0.15, 0.2) is 30.5 Å². The van der Waals surface area contributed by atoms with Crippen LogP contribution >= 0.6 is 0 Å². The van der Waals surface area contributed by atoms with Gasteiger partial charge in [0, 0.05) is 6.54 Å². The van der Waals surface area contributed by atoms with Crippen LogP contribution in [0.5, 0.6) is 0 Å². The largest absolute Gasteiger partial charge is 0.365 e. The third kappa shape index (κ3) is 3.15. The fourth-order valence-corrected chi connectivity index (χ4v) is 3.18. The van der Waals surface area contributed by atoms with Crippen LogP contribution in [-0.2, 0) is 11.2 Å². The molecule has 1 saturated heterocycles. The SMILES string of the molecule is NC(=O)c1cn[nH]c1C1CCCCN1C(=O)Cc1ccccc1F. The molecule has 2 heterocycles. The number of piperidine rings is 1. The van der Waals surface area contributed by atoms with Crippen LogP contribution in [0.3, 0.4) is 0 Å². The molecule has 3 N–H and O–H groups in total. The lowest BCUT2D eigenvalue weighted by Gasteiger charge is -2.35. The average molecular weight is 330 g/mol. The van der Waals surface area contributed by atoms with Crippen molar-refractivity contribution in [1.29, 1.82) is 0 Å². The molecule has 1 aromatic heterocycles. The molecule has 0 saturated carbocycles. The summed E-state index contributed by atoms with van der Waals surface area (Å²) >= 11 is 0. The van der Waals surface area contributed by atoms with Crippen molar-refractivity contribution in [3.05, 3.63) is 53.1 Å². The van der Waals surface area contributed by atoms with Gasteiger partial charge < -0.3 is 10.6 Å². The number of aromatic amines is 1. The third-order valence-corrected chi connectivity index (χ3v) is 4.39. The van der Waals surface area contributed by atoms with E-state index >= 15 is 0 Å². The zero-order chi connectivity index (χ0) is 17.1. The van der Waals surface area contributed by atoms with E-state index in [0.717, 1.165) is 12.8 Å². The minimum atomic E-state index is -0.578. The molecule has 0 spiro atoms. The molecule has 1 aliphatic heterocycles. The molecule has 1 aromatic carbocycles. The number of H-pyrrole nitrogens is 1. The van der Waals surface area contributed by atoms with Gasteiger partial charge in [-0.1, -0.05) is 18.2 Å². The van der Waals surface area contributed by atoms with Crippen LogP contribution in [0.4, 0.5) is 4.39 Å². The molecule has 1 atom stereocenters. The van der Waals surface area contributed by atoms with Crippen molar-refractivity contribution in [3.8, 4) is 0 Å². The molecule has 1 unspecified atom stereocenters. The van der Waals surface area contributed by atoms with Crippen LogP contribution in [-0.4, -0.2) is 33.5 Å². The normalized spacial score (nSPS) is 17.7. The summed E-state index contributed by atoms with van der Waals surface area (Å²) in [5.74, 6) is -1.14. The molecule has 0 bridgehead atoms. The second-order valence-electron chi connectivity index (χ2n) is 5.93. The first-order chi connectivity index (χ1) is 11.6. The van der Waals surface area contributed by atoms with E-state index < -0.39 is 11.7 Å². The van der Waals surface area contributed by atoms with E-state index in [1.165, 1.54) is 12.3 Å². The third-order valence-electron chi connectivity index (χ3n) is 4.39. The van der Waals surface area contributed by atoms with E-state index in [-0.39, 0.29) is 18.4 Å². The minimum absolute atomic E-state index is 0.0107. The highest BCUT2D eigenvalue weighted by Crippen LogP contribution is 2.32. The number of hydrogen-bond donors (Lipinski definition) is 2. The average Bonchev–Trinajstić information content (AvgIpc) is 3.07. The Balaban J connectivity index is 1.84. The number of nitrogens with one attached hydrogen (secondary N) is 1. The number of carbonyl (C=O) groups is 2. The molecule has 24 heavy (non-hydrogen) atoms. The Kier molecular flexibility index (Phi) is 4.59. The monoisotopic (exact) mass is 330 g/mol. The second-order valence-corrected chi connectivity index (χ2v) is 5.93. The summed E-state index contributed by atoms with van der Waals surface area (Å²) in [7, 11) is 0. The van der Waals surface area contributed by atoms with Crippen molar-refractivity contribution >= 4 is 11.8 Å². The fourth-order valence-electron chi connectivity index (χ4n) is 3.18. The molecule has 2 aromatic rings. The van der Waals surface area contributed by atoms with Gasteiger partial charge in [0.2, 0.25) is 5.91 Å². The van der Waals surface area contributed by atoms with Crippen molar-refractivity contribution in [2.24, 2.45) is 5.73 Å². The van der Waals surface area contributed by atoms with Gasteiger partial charge in [-0.25, -0.2) is 4.39 Å². The zero-order valence-corrected chi connectivity index (χ0v) is 13.2. The maximum atomic E-state index is 13.8. The number of nitrogens with two attached hydrogens (primary N) is 1. The molecule has 2 amide bonds. The molecule has 126 valence electrons. The summed E-state index contributed by atoms with van der Waals surface area (Å²) in [6, 6.07) is 5.96. The smallest absolute Gasteiger partial charge is 0.252 e. The number of carbonyl (C=O) groups excluding carboxylic acids is 2. The van der Waals surface area contributed by atoms with E-state index in [1.54, 1.807) is 23.1 Å². The zero-order valence-electron chi connectivity index (χ0n) is 13.2. The van der Waals surface area contributed by atoms with Gasteiger partial charge in [0.1, 0.15) is 5.82 Å². The van der Waals surface area contributed by atoms with E-state index in [1.807, 2.05) is 0 Å². The van der Waals surface area contributed by atoms with Crippen LogP contribution in [0.25, 0.3) is 0 Å². The molecular formula is C17H19FN4O2. The molecular weight excluding hydrogens is 311 g/mol. The maximum Gasteiger partial charge on any atom is 0.252 e. The predicted octanol–water partition coefficient (Wildman–Crippen LogP) is 1.94. The van der Waals surface area contributed by atoms with E-state index in [4.69, 9.17) is 5.73 Å². The van der Waals surface area contributed by atoms with Gasteiger partial charge in [0.05, 0.1) is 29.9 Å². The van der Waals surface area contributed by atoms with Gasteiger partial charge in [-0.05, 0) is 30.9 Å². The molecule has 0 aliphatic carbocycles. The molecule has 6 nitrogen and oxygen atoms in total. The quantitative estimate of drug-likeness (QED) is 0.897. The van der Waals surface area contributed by atoms with Crippen molar-refractivity contribution < 1.29 is 14.0 Å². The molecule has 3 rings (SSSR count). The number of aromatic nitrogens is 2. The summed E-state index contributed by atoms with van der Waals surface area (Å²) in [5, 5.41) is 6.68. The Hall–Kier alpha value is -2.70. The maximum absolute atomic E-state index is 13.8. The van der Waals surface area contributed by atoms with Crippen molar-refractivity contribution in [2.45, 2.75) is 31.7 Å². The van der Waals surface area contributed by atoms with Crippen molar-refractivity contribution in [1.82, 2.24) is 15.1 Å². The van der Waals surface area contributed by atoms with Gasteiger partial charge in [0.15, 0.2) is 0 Å². The van der Waals surface area contributed by atoms with Crippen LogP contribution < -0.4 is 5.73 Å². The number of likely N-dealkylation sites (tertiary alicyclic amines) is 1. The highest BCUT2D eigenvalue weighted by Gasteiger charge is 2.31. The first kappa shape index (κ1) is 16.2. The van der Waals surface area contributed by atoms with Gasteiger partial charge in [-0.15, -0.1) is 0 Å². The second kappa shape index (κ2) is 6.82. The highest BCUT2D eigenvalue weighted by molar-refractivity contribution is 5.94. The number of benzene rings is 1. The lowest BCUT2D eigenvalue weighted by atomic mass is 9.96. The Bertz CT molecular complexity index is 759. The first-order valence-electron chi connectivity index (χ1n) is 7.94. The van der Waals surface area contributed by atoms with Crippen molar-refractivity contribution in [2.75, 3.05) is 6.54 Å². The van der Waals surface area contributed by atoms with E-state index in [9.17, 15) is 14.0 Å².